The number of tetrazole rings is 1. The highest BCUT2D eigenvalue weighted by atomic mass is 16.5. The molecule has 1 atom stereocenters. The zero-order valence-corrected chi connectivity index (χ0v) is 33.8. The van der Waals surface area contributed by atoms with Crippen molar-refractivity contribution in [1.29, 1.82) is 0 Å². The number of ketones is 2. The summed E-state index contributed by atoms with van der Waals surface area (Å²) in [4.78, 5) is 59.9. The summed E-state index contributed by atoms with van der Waals surface area (Å²) < 4.78 is 21.4. The van der Waals surface area contributed by atoms with Gasteiger partial charge in [-0.1, -0.05) is 96.6 Å². The van der Waals surface area contributed by atoms with E-state index in [1.165, 1.54) is 51.4 Å². The molecular formula is C39H70N6O10. The third kappa shape index (κ3) is 30.6. The van der Waals surface area contributed by atoms with E-state index in [0.717, 1.165) is 44.3 Å². The number of aliphatic carboxylic acids is 1. The van der Waals surface area contributed by atoms with E-state index in [4.69, 9.17) is 18.9 Å². The van der Waals surface area contributed by atoms with Crippen molar-refractivity contribution in [1.82, 2.24) is 31.3 Å². The number of carbonyl (C=O) groups excluding carboxylic acids is 4. The van der Waals surface area contributed by atoms with Crippen LogP contribution in [0.4, 0.5) is 0 Å². The SMILES string of the molecule is CC(C)(C)C(=O)COCCOCCNC(=O)COCCOCCCC(=O)CCC(NC(=O)CCCCCCCCCCCCCCCc1nn[nH]n1)C(=O)O. The molecular weight excluding hydrogens is 712 g/mol. The third-order valence-electron chi connectivity index (χ3n) is 8.90. The van der Waals surface area contributed by atoms with E-state index >= 15 is 0 Å². The van der Waals surface area contributed by atoms with Gasteiger partial charge in [-0.25, -0.2) is 4.79 Å². The van der Waals surface area contributed by atoms with Gasteiger partial charge in [0.05, 0.1) is 33.0 Å². The largest absolute Gasteiger partial charge is 0.480 e. The molecule has 0 aromatic carbocycles. The van der Waals surface area contributed by atoms with Gasteiger partial charge >= 0.3 is 5.97 Å². The maximum absolute atomic E-state index is 12.3. The van der Waals surface area contributed by atoms with Crippen LogP contribution in [0.1, 0.15) is 142 Å². The van der Waals surface area contributed by atoms with Gasteiger partial charge in [-0.3, -0.25) is 19.2 Å². The fourth-order valence-electron chi connectivity index (χ4n) is 5.43. The summed E-state index contributed by atoms with van der Waals surface area (Å²) in [6, 6.07) is -1.08. The minimum absolute atomic E-state index is 0.0273. The highest BCUT2D eigenvalue weighted by molar-refractivity contribution is 5.85. The standard InChI is InChI=1S/C39H70N6O10/c1-39(2,3)34(47)30-54-28-27-53-25-23-40-37(49)31-55-29-26-52-24-17-18-32(46)21-22-33(38(50)51)41-36(48)20-16-14-12-10-8-6-4-5-7-9-11-13-15-19-35-42-44-45-43-35/h33H,4-31H2,1-3H3,(H,40,49)(H,41,48)(H,50,51)(H,42,43,44,45). The molecule has 1 heterocycles. The van der Waals surface area contributed by atoms with E-state index in [-0.39, 0.29) is 75.5 Å². The minimum atomic E-state index is -1.14. The molecule has 0 aliphatic carbocycles. The number of carboxylic acid groups (broad SMARTS) is 1. The van der Waals surface area contributed by atoms with Gasteiger partial charge in [-0.2, -0.15) is 5.21 Å². The molecule has 4 N–H and O–H groups in total. The van der Waals surface area contributed by atoms with Crippen molar-refractivity contribution in [2.45, 2.75) is 149 Å². The Balaban J connectivity index is 1.90. The van der Waals surface area contributed by atoms with Crippen LogP contribution in [0.5, 0.6) is 0 Å². The molecule has 0 bridgehead atoms. The Morgan fingerprint density at radius 1 is 0.655 bits per heavy atom. The van der Waals surface area contributed by atoms with Crippen LogP contribution >= 0.6 is 0 Å². The zero-order chi connectivity index (χ0) is 40.4. The second kappa shape index (κ2) is 32.9. The maximum atomic E-state index is 12.3. The number of aromatic nitrogens is 4. The molecule has 1 rings (SSSR count). The van der Waals surface area contributed by atoms with Gasteiger partial charge in [0.15, 0.2) is 11.6 Å². The molecule has 0 aliphatic heterocycles. The first-order valence-electron chi connectivity index (χ1n) is 20.4. The minimum Gasteiger partial charge on any atom is -0.480 e. The van der Waals surface area contributed by atoms with Crippen molar-refractivity contribution in [3.63, 3.8) is 0 Å². The molecule has 0 saturated heterocycles. The number of amides is 2. The number of ether oxygens (including phenoxy) is 4. The lowest BCUT2D eigenvalue weighted by Crippen LogP contribution is -2.41. The fourth-order valence-corrected chi connectivity index (χ4v) is 5.43. The lowest BCUT2D eigenvalue weighted by Gasteiger charge is -2.16. The fraction of sp³-hybridized carbons (Fsp3) is 0.846. The summed E-state index contributed by atoms with van der Waals surface area (Å²) in [5, 5.41) is 28.8. The number of aryl methyl sites for hydroxylation is 1. The van der Waals surface area contributed by atoms with E-state index in [1.54, 1.807) is 0 Å². The zero-order valence-electron chi connectivity index (χ0n) is 33.8. The summed E-state index contributed by atoms with van der Waals surface area (Å²) in [5.41, 5.74) is -0.430. The van der Waals surface area contributed by atoms with Crippen molar-refractivity contribution in [2.24, 2.45) is 5.41 Å². The highest BCUT2D eigenvalue weighted by Gasteiger charge is 2.21. The number of H-pyrrole nitrogens is 1. The quantitative estimate of drug-likeness (QED) is 0.0669. The molecule has 316 valence electrons. The van der Waals surface area contributed by atoms with Crippen LogP contribution in [0.25, 0.3) is 0 Å². The molecule has 0 saturated carbocycles. The number of carboxylic acids is 1. The van der Waals surface area contributed by atoms with E-state index in [1.807, 2.05) is 20.8 Å². The maximum Gasteiger partial charge on any atom is 0.326 e. The Labute approximate surface area is 327 Å². The molecule has 1 aromatic heterocycles. The van der Waals surface area contributed by atoms with Gasteiger partial charge in [0.25, 0.3) is 0 Å². The molecule has 0 radical (unpaired) electrons. The van der Waals surface area contributed by atoms with E-state index in [0.29, 0.717) is 39.4 Å². The Morgan fingerprint density at radius 3 is 1.80 bits per heavy atom. The number of unbranched alkanes of at least 4 members (excludes halogenated alkanes) is 12. The van der Waals surface area contributed by atoms with Crippen LogP contribution in [0, 0.1) is 5.41 Å². The molecule has 0 aliphatic rings. The van der Waals surface area contributed by atoms with Gasteiger partial charge in [-0.05, 0) is 25.7 Å². The van der Waals surface area contributed by atoms with Gasteiger partial charge in [0, 0.05) is 44.2 Å². The van der Waals surface area contributed by atoms with Crippen LogP contribution in [0.15, 0.2) is 0 Å². The molecule has 1 aromatic rings. The Hall–Kier alpha value is -3.34. The van der Waals surface area contributed by atoms with Crippen LogP contribution < -0.4 is 10.6 Å². The van der Waals surface area contributed by atoms with E-state index < -0.39 is 17.4 Å². The molecule has 2 amide bonds. The molecule has 0 spiro atoms. The number of rotatable bonds is 38. The summed E-state index contributed by atoms with van der Waals surface area (Å²) in [7, 11) is 0. The number of carbonyl (C=O) groups is 5. The van der Waals surface area contributed by atoms with Crippen molar-refractivity contribution in [3.05, 3.63) is 5.82 Å². The van der Waals surface area contributed by atoms with Crippen molar-refractivity contribution < 1.29 is 48.0 Å². The second-order valence-electron chi connectivity index (χ2n) is 14.9. The van der Waals surface area contributed by atoms with Gasteiger partial charge in [0.2, 0.25) is 11.8 Å². The lowest BCUT2D eigenvalue weighted by atomic mass is 9.91. The molecule has 0 fully saturated rings. The third-order valence-corrected chi connectivity index (χ3v) is 8.90. The number of hydrogen-bond acceptors (Lipinski definition) is 12. The summed E-state index contributed by atoms with van der Waals surface area (Å²) >= 11 is 0. The summed E-state index contributed by atoms with van der Waals surface area (Å²) in [5.74, 6) is -0.977. The molecule has 1 unspecified atom stereocenters. The van der Waals surface area contributed by atoms with Crippen molar-refractivity contribution in [2.75, 3.05) is 59.4 Å². The van der Waals surface area contributed by atoms with Gasteiger partial charge < -0.3 is 34.7 Å². The first kappa shape index (κ1) is 49.7. The topological polar surface area (TPSA) is 221 Å². The average Bonchev–Trinajstić information content (AvgIpc) is 3.67. The van der Waals surface area contributed by atoms with E-state index in [9.17, 15) is 29.1 Å². The lowest BCUT2D eigenvalue weighted by molar-refractivity contribution is -0.142. The normalized spacial score (nSPS) is 12.1. The predicted molar refractivity (Wildman–Crippen MR) is 206 cm³/mol. The number of nitrogens with zero attached hydrogens (tertiary/aromatic N) is 3. The van der Waals surface area contributed by atoms with Crippen LogP contribution in [0.2, 0.25) is 0 Å². The Morgan fingerprint density at radius 2 is 1.22 bits per heavy atom. The first-order valence-corrected chi connectivity index (χ1v) is 20.4. The predicted octanol–water partition coefficient (Wildman–Crippen LogP) is 4.70. The number of nitrogens with one attached hydrogen (secondary N) is 3. The Bertz CT molecular complexity index is 1160. The number of Topliss-reactive ketones (excluding diaryl/α,β-unsaturated/α-hetero) is 2. The monoisotopic (exact) mass is 783 g/mol. The number of aromatic amines is 1. The van der Waals surface area contributed by atoms with Gasteiger partial charge in [-0.15, -0.1) is 10.2 Å². The second-order valence-corrected chi connectivity index (χ2v) is 14.9. The first-order chi connectivity index (χ1) is 26.5. The Kier molecular flexibility index (Phi) is 29.7. The van der Waals surface area contributed by atoms with Crippen molar-refractivity contribution in [3.8, 4) is 0 Å². The summed E-state index contributed by atoms with van der Waals surface area (Å²) in [6.45, 7) is 7.53. The van der Waals surface area contributed by atoms with Crippen molar-refractivity contribution >= 4 is 29.4 Å². The highest BCUT2D eigenvalue weighted by Crippen LogP contribution is 2.15. The summed E-state index contributed by atoms with van der Waals surface area (Å²) in [6.07, 6.45) is 17.0. The van der Waals surface area contributed by atoms with E-state index in [2.05, 4.69) is 31.3 Å². The number of hydrogen-bond donors (Lipinski definition) is 4. The molecule has 55 heavy (non-hydrogen) atoms. The van der Waals surface area contributed by atoms with Crippen LogP contribution in [0.3, 0.4) is 0 Å². The molecule has 16 nitrogen and oxygen atoms in total. The molecule has 16 heteroatoms. The smallest absolute Gasteiger partial charge is 0.326 e. The average molecular weight is 783 g/mol. The van der Waals surface area contributed by atoms with Crippen LogP contribution in [-0.2, 0) is 49.3 Å². The van der Waals surface area contributed by atoms with Gasteiger partial charge in [0.1, 0.15) is 25.0 Å². The van der Waals surface area contributed by atoms with Crippen LogP contribution in [-0.4, -0.2) is 121 Å².